The predicted molar refractivity (Wildman–Crippen MR) is 104 cm³/mol. The summed E-state index contributed by atoms with van der Waals surface area (Å²) in [7, 11) is 0. The number of hydrogen-bond donors (Lipinski definition) is 3. The zero-order valence-corrected chi connectivity index (χ0v) is 16.9. The summed E-state index contributed by atoms with van der Waals surface area (Å²) >= 11 is 1.48. The van der Waals surface area contributed by atoms with Gasteiger partial charge in [-0.3, -0.25) is 25.2 Å². The number of amides is 3. The van der Waals surface area contributed by atoms with Crippen LogP contribution in [-0.2, 0) is 22.4 Å². The van der Waals surface area contributed by atoms with Gasteiger partial charge in [0.2, 0.25) is 11.8 Å². The predicted octanol–water partition coefficient (Wildman–Crippen LogP) is 3.56. The van der Waals surface area contributed by atoms with Crippen LogP contribution in [0.15, 0.2) is 0 Å². The Morgan fingerprint density at radius 3 is 2.42 bits per heavy atom. The summed E-state index contributed by atoms with van der Waals surface area (Å²) in [5.41, 5.74) is 5.94. The van der Waals surface area contributed by atoms with E-state index in [1.165, 1.54) is 11.3 Å². The van der Waals surface area contributed by atoms with Gasteiger partial charge < -0.3 is 5.32 Å². The van der Waals surface area contributed by atoms with Gasteiger partial charge in [0.1, 0.15) is 5.00 Å². The smallest absolute Gasteiger partial charge is 0.272 e. The molecule has 1 aromatic heterocycles. The van der Waals surface area contributed by atoms with Crippen LogP contribution in [0.5, 0.6) is 0 Å². The molecule has 1 heterocycles. The Morgan fingerprint density at radius 1 is 1.08 bits per heavy atom. The third-order valence-electron chi connectivity index (χ3n) is 4.38. The normalized spacial score (nSPS) is 13.7. The quantitative estimate of drug-likeness (QED) is 0.684. The van der Waals surface area contributed by atoms with Crippen LogP contribution in [0.1, 0.15) is 80.6 Å². The van der Waals surface area contributed by atoms with Crippen molar-refractivity contribution in [3.63, 3.8) is 0 Å². The van der Waals surface area contributed by atoms with Gasteiger partial charge in [-0.15, -0.1) is 11.3 Å². The van der Waals surface area contributed by atoms with Gasteiger partial charge in [0, 0.05) is 16.7 Å². The lowest BCUT2D eigenvalue weighted by molar-refractivity contribution is -0.123. The Bertz CT molecular complexity index is 689. The minimum Gasteiger partial charge on any atom is -0.317 e. The lowest BCUT2D eigenvalue weighted by atomic mass is 9.94. The molecule has 3 amide bonds. The Balaban J connectivity index is 2.19. The van der Waals surface area contributed by atoms with Crippen molar-refractivity contribution >= 4 is 34.1 Å². The van der Waals surface area contributed by atoms with Crippen molar-refractivity contribution < 1.29 is 14.4 Å². The van der Waals surface area contributed by atoms with Gasteiger partial charge in [-0.1, -0.05) is 34.1 Å². The largest absolute Gasteiger partial charge is 0.317 e. The highest BCUT2D eigenvalue weighted by Gasteiger charge is 2.29. The number of hydrazine groups is 1. The van der Waals surface area contributed by atoms with Crippen molar-refractivity contribution in [2.45, 2.75) is 72.6 Å². The fourth-order valence-corrected chi connectivity index (χ4v) is 4.06. The van der Waals surface area contributed by atoms with Crippen LogP contribution in [0.2, 0.25) is 0 Å². The second-order valence-electron chi connectivity index (χ2n) is 7.73. The van der Waals surface area contributed by atoms with Crippen LogP contribution < -0.4 is 16.2 Å². The summed E-state index contributed by atoms with van der Waals surface area (Å²) in [5.74, 6) is -0.694. The maximum Gasteiger partial charge on any atom is 0.272 e. The maximum absolute atomic E-state index is 12.7. The van der Waals surface area contributed by atoms with Crippen LogP contribution in [0, 0.1) is 5.41 Å². The molecule has 0 unspecified atom stereocenters. The molecule has 0 fully saturated rings. The number of carbonyl (C=O) groups is 3. The first-order chi connectivity index (χ1) is 12.2. The standard InChI is InChI=1S/C19H29N3O3S/c1-5-6-11-14(23)21-22-16(24)15-12-9-7-8-10-13(12)26-17(15)20-18(25)19(2,3)4/h5-11H2,1-4H3,(H,20,25)(H,21,23)(H,22,24). The number of aryl methyl sites for hydroxylation is 1. The van der Waals surface area contributed by atoms with Crippen LogP contribution in [-0.4, -0.2) is 17.7 Å². The minimum absolute atomic E-state index is 0.128. The van der Waals surface area contributed by atoms with E-state index in [4.69, 9.17) is 0 Å². The van der Waals surface area contributed by atoms with Crippen molar-refractivity contribution in [1.82, 2.24) is 10.9 Å². The molecule has 0 spiro atoms. The van der Waals surface area contributed by atoms with E-state index in [2.05, 4.69) is 16.2 Å². The first kappa shape index (κ1) is 20.4. The number of rotatable bonds is 5. The highest BCUT2D eigenvalue weighted by molar-refractivity contribution is 7.17. The van der Waals surface area contributed by atoms with Crippen molar-refractivity contribution in [2.75, 3.05) is 5.32 Å². The Hall–Kier alpha value is -1.89. The van der Waals surface area contributed by atoms with E-state index in [1.807, 2.05) is 27.7 Å². The summed E-state index contributed by atoms with van der Waals surface area (Å²) in [6, 6.07) is 0. The zero-order valence-electron chi connectivity index (χ0n) is 16.1. The first-order valence-corrected chi connectivity index (χ1v) is 10.1. The van der Waals surface area contributed by atoms with E-state index in [0.29, 0.717) is 17.0 Å². The molecule has 0 saturated carbocycles. The number of hydrogen-bond acceptors (Lipinski definition) is 4. The molecule has 0 aliphatic heterocycles. The summed E-state index contributed by atoms with van der Waals surface area (Å²) in [6.07, 6.45) is 5.95. The van der Waals surface area contributed by atoms with Crippen molar-refractivity contribution in [2.24, 2.45) is 5.41 Å². The molecule has 0 radical (unpaired) electrons. The van der Waals surface area contributed by atoms with Gasteiger partial charge in [-0.25, -0.2) is 0 Å². The molecule has 1 aliphatic carbocycles. The SMILES string of the molecule is CCCCC(=O)NNC(=O)c1c(NC(=O)C(C)(C)C)sc2c1CCCC2. The van der Waals surface area contributed by atoms with Crippen LogP contribution in [0.3, 0.4) is 0 Å². The number of thiophene rings is 1. The van der Waals surface area contributed by atoms with E-state index in [-0.39, 0.29) is 17.7 Å². The molecular formula is C19H29N3O3S. The van der Waals surface area contributed by atoms with Gasteiger partial charge in [0.25, 0.3) is 5.91 Å². The summed E-state index contributed by atoms with van der Waals surface area (Å²) in [6.45, 7) is 7.52. The number of fused-ring (bicyclic) bond motifs is 1. The highest BCUT2D eigenvalue weighted by atomic mass is 32.1. The minimum atomic E-state index is -0.549. The monoisotopic (exact) mass is 379 g/mol. The van der Waals surface area contributed by atoms with Crippen LogP contribution in [0.4, 0.5) is 5.00 Å². The Labute approximate surface area is 159 Å². The van der Waals surface area contributed by atoms with Crippen molar-refractivity contribution in [3.05, 3.63) is 16.0 Å². The molecule has 1 aliphatic rings. The van der Waals surface area contributed by atoms with E-state index in [9.17, 15) is 14.4 Å². The molecule has 26 heavy (non-hydrogen) atoms. The molecule has 144 valence electrons. The van der Waals surface area contributed by atoms with Crippen LogP contribution in [0.25, 0.3) is 0 Å². The zero-order chi connectivity index (χ0) is 19.3. The molecule has 3 N–H and O–H groups in total. The second kappa shape index (κ2) is 8.66. The van der Waals surface area contributed by atoms with Gasteiger partial charge in [-0.05, 0) is 37.7 Å². The van der Waals surface area contributed by atoms with E-state index >= 15 is 0 Å². The topological polar surface area (TPSA) is 87.3 Å². The molecule has 1 aromatic rings. The summed E-state index contributed by atoms with van der Waals surface area (Å²) in [4.78, 5) is 38.1. The second-order valence-corrected chi connectivity index (χ2v) is 8.83. The van der Waals surface area contributed by atoms with Crippen molar-refractivity contribution in [1.29, 1.82) is 0 Å². The number of anilines is 1. The lowest BCUT2D eigenvalue weighted by Crippen LogP contribution is -2.42. The fraction of sp³-hybridized carbons (Fsp3) is 0.632. The lowest BCUT2D eigenvalue weighted by Gasteiger charge is -2.18. The number of unbranched alkanes of at least 4 members (excludes halogenated alkanes) is 1. The van der Waals surface area contributed by atoms with E-state index < -0.39 is 5.41 Å². The molecule has 7 heteroatoms. The van der Waals surface area contributed by atoms with Gasteiger partial charge in [0.05, 0.1) is 5.56 Å². The average molecular weight is 380 g/mol. The number of nitrogens with one attached hydrogen (secondary N) is 3. The summed E-state index contributed by atoms with van der Waals surface area (Å²) in [5, 5.41) is 3.50. The summed E-state index contributed by atoms with van der Waals surface area (Å²) < 4.78 is 0. The van der Waals surface area contributed by atoms with Gasteiger partial charge in [0.15, 0.2) is 0 Å². The molecule has 6 nitrogen and oxygen atoms in total. The van der Waals surface area contributed by atoms with Gasteiger partial charge in [-0.2, -0.15) is 0 Å². The molecule has 0 atom stereocenters. The third kappa shape index (κ3) is 5.06. The highest BCUT2D eigenvalue weighted by Crippen LogP contribution is 2.38. The molecule has 2 rings (SSSR count). The van der Waals surface area contributed by atoms with E-state index in [1.54, 1.807) is 0 Å². The molecular weight excluding hydrogens is 350 g/mol. The number of carbonyl (C=O) groups excluding carboxylic acids is 3. The maximum atomic E-state index is 12.7. The fourth-order valence-electron chi connectivity index (χ4n) is 2.77. The Morgan fingerprint density at radius 2 is 1.77 bits per heavy atom. The van der Waals surface area contributed by atoms with Gasteiger partial charge >= 0.3 is 0 Å². The third-order valence-corrected chi connectivity index (χ3v) is 5.59. The van der Waals surface area contributed by atoms with Crippen molar-refractivity contribution in [3.8, 4) is 0 Å². The van der Waals surface area contributed by atoms with Crippen LogP contribution >= 0.6 is 11.3 Å². The Kier molecular flexibility index (Phi) is 6.81. The molecule has 0 bridgehead atoms. The average Bonchev–Trinajstić information content (AvgIpc) is 2.94. The first-order valence-electron chi connectivity index (χ1n) is 9.29. The molecule has 0 aromatic carbocycles. The molecule has 0 saturated heterocycles. The van der Waals surface area contributed by atoms with E-state index in [0.717, 1.165) is 49.0 Å².